The van der Waals surface area contributed by atoms with Crippen molar-refractivity contribution in [2.45, 2.75) is 18.4 Å². The molecule has 1 aromatic carbocycles. The molecular formula is C11H10F4O2. The number of alkyl halides is 3. The average molecular weight is 250 g/mol. The Bertz CT molecular complexity index is 368. The van der Waals surface area contributed by atoms with Crippen LogP contribution in [0, 0.1) is 5.82 Å². The van der Waals surface area contributed by atoms with Crippen molar-refractivity contribution in [3.8, 4) is 0 Å². The predicted octanol–water partition coefficient (Wildman–Crippen LogP) is 2.84. The van der Waals surface area contributed by atoms with E-state index in [1.165, 1.54) is 0 Å². The van der Waals surface area contributed by atoms with E-state index in [1.807, 2.05) is 0 Å². The summed E-state index contributed by atoms with van der Waals surface area (Å²) in [6, 6.07) is 4.17. The molecular weight excluding hydrogens is 240 g/mol. The third-order valence-corrected chi connectivity index (χ3v) is 2.50. The van der Waals surface area contributed by atoms with Gasteiger partial charge in [0.2, 0.25) is 0 Å². The summed E-state index contributed by atoms with van der Waals surface area (Å²) in [7, 11) is 0. The zero-order chi connectivity index (χ0) is 12.5. The lowest BCUT2D eigenvalue weighted by Crippen LogP contribution is -2.32. The summed E-state index contributed by atoms with van der Waals surface area (Å²) >= 11 is 0. The Morgan fingerprint density at radius 1 is 1.06 bits per heavy atom. The first kappa shape index (κ1) is 12.3. The van der Waals surface area contributed by atoms with Crippen LogP contribution in [0.2, 0.25) is 0 Å². The van der Waals surface area contributed by atoms with E-state index in [-0.39, 0.29) is 18.8 Å². The Hall–Kier alpha value is -1.14. The molecule has 0 spiro atoms. The van der Waals surface area contributed by atoms with Gasteiger partial charge in [-0.25, -0.2) is 4.39 Å². The van der Waals surface area contributed by atoms with Gasteiger partial charge in [0.05, 0.1) is 13.2 Å². The highest BCUT2D eigenvalue weighted by Gasteiger charge is 2.48. The molecule has 1 saturated heterocycles. The number of hydrogen-bond acceptors (Lipinski definition) is 2. The van der Waals surface area contributed by atoms with Gasteiger partial charge in [-0.3, -0.25) is 0 Å². The van der Waals surface area contributed by atoms with Crippen molar-refractivity contribution in [1.82, 2.24) is 0 Å². The lowest BCUT2D eigenvalue weighted by atomic mass is 9.98. The maximum atomic E-state index is 12.9. The fourth-order valence-electron chi connectivity index (χ4n) is 1.74. The maximum Gasteiger partial charge on any atom is 0.400 e. The number of benzene rings is 1. The number of ether oxygens (including phenoxy) is 2. The van der Waals surface area contributed by atoms with Crippen LogP contribution in [-0.4, -0.2) is 25.7 Å². The molecule has 94 valence electrons. The molecule has 2 nitrogen and oxygen atoms in total. The van der Waals surface area contributed by atoms with Crippen molar-refractivity contribution >= 4 is 0 Å². The molecule has 1 fully saturated rings. The minimum atomic E-state index is -4.49. The monoisotopic (exact) mass is 250 g/mol. The highest BCUT2D eigenvalue weighted by atomic mass is 19.4. The van der Waals surface area contributed by atoms with E-state index in [2.05, 4.69) is 0 Å². The van der Waals surface area contributed by atoms with E-state index in [4.69, 9.17) is 9.47 Å². The topological polar surface area (TPSA) is 18.5 Å². The molecule has 1 heterocycles. The summed E-state index contributed by atoms with van der Waals surface area (Å²) in [6.07, 6.45) is -5.84. The highest BCUT2D eigenvalue weighted by Crippen LogP contribution is 2.40. The molecule has 0 saturated carbocycles. The Morgan fingerprint density at radius 2 is 1.59 bits per heavy atom. The second kappa shape index (κ2) is 4.62. The van der Waals surface area contributed by atoms with Gasteiger partial charge < -0.3 is 9.47 Å². The van der Waals surface area contributed by atoms with Gasteiger partial charge in [-0.15, -0.1) is 0 Å². The first-order chi connectivity index (χ1) is 7.98. The molecule has 1 aliphatic heterocycles. The third-order valence-electron chi connectivity index (χ3n) is 2.50. The van der Waals surface area contributed by atoms with Crippen LogP contribution in [-0.2, 0) is 9.47 Å². The van der Waals surface area contributed by atoms with Gasteiger partial charge >= 0.3 is 6.18 Å². The van der Waals surface area contributed by atoms with Crippen LogP contribution in [0.4, 0.5) is 17.6 Å². The summed E-state index contributed by atoms with van der Waals surface area (Å²) < 4.78 is 61.2. The van der Waals surface area contributed by atoms with Gasteiger partial charge in [-0.2, -0.15) is 13.2 Å². The normalized spacial score (nSPS) is 19.5. The van der Waals surface area contributed by atoms with Gasteiger partial charge in [0.1, 0.15) is 11.7 Å². The van der Waals surface area contributed by atoms with Crippen molar-refractivity contribution in [2.24, 2.45) is 0 Å². The van der Waals surface area contributed by atoms with Gasteiger partial charge in [0.15, 0.2) is 6.29 Å². The lowest BCUT2D eigenvalue weighted by molar-refractivity contribution is -0.207. The van der Waals surface area contributed by atoms with Gasteiger partial charge in [0, 0.05) is 0 Å². The Morgan fingerprint density at radius 3 is 2.06 bits per heavy atom. The van der Waals surface area contributed by atoms with Gasteiger partial charge in [-0.05, 0) is 17.7 Å². The molecule has 1 aliphatic rings. The van der Waals surface area contributed by atoms with Crippen molar-refractivity contribution in [2.75, 3.05) is 13.2 Å². The van der Waals surface area contributed by atoms with Crippen LogP contribution >= 0.6 is 0 Å². The highest BCUT2D eigenvalue weighted by molar-refractivity contribution is 5.22. The number of rotatable bonds is 2. The van der Waals surface area contributed by atoms with Crippen LogP contribution in [0.5, 0.6) is 0 Å². The second-order valence-corrected chi connectivity index (χ2v) is 3.68. The Kier molecular flexibility index (Phi) is 3.35. The summed E-state index contributed by atoms with van der Waals surface area (Å²) in [4.78, 5) is 0. The van der Waals surface area contributed by atoms with E-state index < -0.39 is 24.2 Å². The van der Waals surface area contributed by atoms with E-state index in [0.29, 0.717) is 0 Å². The van der Waals surface area contributed by atoms with Crippen molar-refractivity contribution in [3.63, 3.8) is 0 Å². The largest absolute Gasteiger partial charge is 0.400 e. The zero-order valence-electron chi connectivity index (χ0n) is 8.71. The van der Waals surface area contributed by atoms with Gasteiger partial charge in [-0.1, -0.05) is 12.1 Å². The summed E-state index contributed by atoms with van der Waals surface area (Å²) in [6.45, 7) is 0.275. The molecule has 1 atom stereocenters. The minimum Gasteiger partial charge on any atom is -0.349 e. The van der Waals surface area contributed by atoms with Crippen molar-refractivity contribution in [3.05, 3.63) is 35.6 Å². The zero-order valence-corrected chi connectivity index (χ0v) is 8.71. The Balaban J connectivity index is 2.29. The first-order valence-electron chi connectivity index (χ1n) is 5.04. The van der Waals surface area contributed by atoms with Crippen LogP contribution < -0.4 is 0 Å². The SMILES string of the molecule is Fc1ccc([C@@H](C2OCCO2)C(F)(F)F)cc1. The van der Waals surface area contributed by atoms with E-state index >= 15 is 0 Å². The smallest absolute Gasteiger partial charge is 0.349 e. The van der Waals surface area contributed by atoms with Crippen molar-refractivity contribution in [1.29, 1.82) is 0 Å². The van der Waals surface area contributed by atoms with E-state index in [0.717, 1.165) is 24.3 Å². The molecule has 6 heteroatoms. The average Bonchev–Trinajstić information content (AvgIpc) is 2.72. The number of hydrogen-bond donors (Lipinski definition) is 0. The molecule has 0 radical (unpaired) electrons. The quantitative estimate of drug-likeness (QED) is 0.751. The Labute approximate surface area is 95.1 Å². The lowest BCUT2D eigenvalue weighted by Gasteiger charge is -2.24. The van der Waals surface area contributed by atoms with Crippen LogP contribution in [0.15, 0.2) is 24.3 Å². The van der Waals surface area contributed by atoms with E-state index in [1.54, 1.807) is 0 Å². The molecule has 1 aromatic rings. The van der Waals surface area contributed by atoms with Crippen molar-refractivity contribution < 1.29 is 27.0 Å². The summed E-state index contributed by atoms with van der Waals surface area (Å²) in [5.41, 5.74) is -0.0641. The predicted molar refractivity (Wildman–Crippen MR) is 50.9 cm³/mol. The molecule has 0 aromatic heterocycles. The summed E-state index contributed by atoms with van der Waals surface area (Å²) in [5.74, 6) is -2.46. The molecule has 2 rings (SSSR count). The molecule has 0 N–H and O–H groups in total. The van der Waals surface area contributed by atoms with Crippen LogP contribution in [0.1, 0.15) is 11.5 Å². The maximum absolute atomic E-state index is 12.9. The van der Waals surface area contributed by atoms with E-state index in [9.17, 15) is 17.6 Å². The fraction of sp³-hybridized carbons (Fsp3) is 0.455. The van der Waals surface area contributed by atoms with Crippen LogP contribution in [0.25, 0.3) is 0 Å². The molecule has 17 heavy (non-hydrogen) atoms. The number of halogens is 4. The van der Waals surface area contributed by atoms with Crippen LogP contribution in [0.3, 0.4) is 0 Å². The minimum absolute atomic E-state index is 0.0641. The summed E-state index contributed by atoms with van der Waals surface area (Å²) in [5, 5.41) is 0. The standard InChI is InChI=1S/C11H10F4O2/c12-8-3-1-7(2-4-8)9(11(13,14)15)10-16-5-6-17-10/h1-4,9-10H,5-6H2/t9-/m0/s1. The third kappa shape index (κ3) is 2.76. The fourth-order valence-corrected chi connectivity index (χ4v) is 1.74. The molecule has 0 amide bonds. The van der Waals surface area contributed by atoms with Gasteiger partial charge in [0.25, 0.3) is 0 Å². The molecule has 0 bridgehead atoms. The molecule has 0 unspecified atom stereocenters. The second-order valence-electron chi connectivity index (χ2n) is 3.68. The molecule has 0 aliphatic carbocycles. The first-order valence-corrected chi connectivity index (χ1v) is 5.04.